The van der Waals surface area contributed by atoms with Gasteiger partial charge in [0.25, 0.3) is 0 Å². The first-order chi connectivity index (χ1) is 9.02. The molecule has 0 aliphatic heterocycles. The van der Waals surface area contributed by atoms with Crippen molar-refractivity contribution in [3.05, 3.63) is 41.0 Å². The van der Waals surface area contributed by atoms with Crippen molar-refractivity contribution >= 4 is 29.5 Å². The highest BCUT2D eigenvalue weighted by atomic mass is 35.5. The summed E-state index contributed by atoms with van der Waals surface area (Å²) in [6.45, 7) is 6.51. The largest absolute Gasteiger partial charge is 0.272 e. The summed E-state index contributed by atoms with van der Waals surface area (Å²) in [5, 5.41) is 4.19. The molecular formula is C12H11ClFN5. The molecule has 2 rings (SSSR count). The minimum absolute atomic E-state index is 0.146. The summed E-state index contributed by atoms with van der Waals surface area (Å²) < 4.78 is 14.5. The highest BCUT2D eigenvalue weighted by Crippen LogP contribution is 2.19. The number of nitrogens with zero attached hydrogens (tertiary/aromatic N) is 5. The second-order valence-electron chi connectivity index (χ2n) is 3.88. The van der Waals surface area contributed by atoms with Crippen LogP contribution < -0.4 is 0 Å². The van der Waals surface area contributed by atoms with Gasteiger partial charge in [0.15, 0.2) is 11.5 Å². The summed E-state index contributed by atoms with van der Waals surface area (Å²) in [4.78, 5) is 12.0. The molecule has 0 aliphatic rings. The van der Waals surface area contributed by atoms with Crippen LogP contribution in [0.4, 0.5) is 4.39 Å². The van der Waals surface area contributed by atoms with E-state index in [4.69, 9.17) is 11.6 Å². The number of aromatic nitrogens is 4. The molecule has 0 atom stereocenters. The normalized spacial score (nSPS) is 13.1. The van der Waals surface area contributed by atoms with E-state index in [-0.39, 0.29) is 16.9 Å². The van der Waals surface area contributed by atoms with Gasteiger partial charge in [0.1, 0.15) is 0 Å². The summed E-state index contributed by atoms with van der Waals surface area (Å²) in [5.74, 6) is -0.120. The number of aryl methyl sites for hydroxylation is 1. The van der Waals surface area contributed by atoms with Crippen LogP contribution in [0.3, 0.4) is 0 Å². The number of aliphatic imine (C=N–C) groups is 1. The van der Waals surface area contributed by atoms with Gasteiger partial charge in [-0.05, 0) is 38.2 Å². The topological polar surface area (TPSA) is 55.4 Å². The van der Waals surface area contributed by atoms with E-state index in [1.807, 2.05) is 6.92 Å². The fraction of sp³-hybridized carbons (Fsp3) is 0.167. The molecule has 0 N–H and O–H groups in total. The fourth-order valence-electron chi connectivity index (χ4n) is 1.56. The van der Waals surface area contributed by atoms with Crippen molar-refractivity contribution in [2.45, 2.75) is 13.8 Å². The monoisotopic (exact) mass is 279 g/mol. The quantitative estimate of drug-likeness (QED) is 0.641. The van der Waals surface area contributed by atoms with Crippen molar-refractivity contribution in [3.63, 3.8) is 0 Å². The molecule has 2 aromatic rings. The van der Waals surface area contributed by atoms with Crippen molar-refractivity contribution in [1.82, 2.24) is 19.6 Å². The molecule has 0 saturated heterocycles. The van der Waals surface area contributed by atoms with Crippen LogP contribution in [0.2, 0.25) is 5.28 Å². The summed E-state index contributed by atoms with van der Waals surface area (Å²) in [6, 6.07) is 0. The van der Waals surface area contributed by atoms with Gasteiger partial charge in [0.05, 0.1) is 12.0 Å². The molecule has 0 bridgehead atoms. The third-order valence-electron chi connectivity index (χ3n) is 2.35. The van der Waals surface area contributed by atoms with Crippen LogP contribution >= 0.6 is 11.6 Å². The van der Waals surface area contributed by atoms with E-state index in [2.05, 4.69) is 26.8 Å². The second-order valence-corrected chi connectivity index (χ2v) is 4.22. The van der Waals surface area contributed by atoms with Crippen LogP contribution in [-0.2, 0) is 0 Å². The Bertz CT molecular complexity index is 697. The van der Waals surface area contributed by atoms with Gasteiger partial charge in [-0.25, -0.2) is 9.37 Å². The lowest BCUT2D eigenvalue weighted by molar-refractivity contribution is 0.641. The van der Waals surface area contributed by atoms with Gasteiger partial charge in [0.2, 0.25) is 5.28 Å². The zero-order valence-corrected chi connectivity index (χ0v) is 11.2. The number of fused-ring (bicyclic) bond motifs is 1. The van der Waals surface area contributed by atoms with E-state index in [0.29, 0.717) is 11.2 Å². The van der Waals surface area contributed by atoms with Crippen LogP contribution in [0.5, 0.6) is 0 Å². The number of allylic oxidation sites excluding steroid dienone is 3. The van der Waals surface area contributed by atoms with Crippen molar-refractivity contribution in [2.75, 3.05) is 0 Å². The first kappa shape index (κ1) is 13.4. The molecule has 0 saturated carbocycles. The molecule has 2 aromatic heterocycles. The average molecular weight is 280 g/mol. The standard InChI is InChI=1S/C12H11ClFN5/c1-7-5-16-19-11(7)17-10(18-12(19)13)9(6-15-3)4-8(2)14/h4-6H,3H2,1-2H3/b8-4+,9-6+. The van der Waals surface area contributed by atoms with E-state index >= 15 is 0 Å². The number of rotatable bonds is 3. The van der Waals surface area contributed by atoms with E-state index in [1.54, 1.807) is 6.20 Å². The number of hydrogen-bond donors (Lipinski definition) is 0. The van der Waals surface area contributed by atoms with Crippen molar-refractivity contribution in [3.8, 4) is 0 Å². The summed E-state index contributed by atoms with van der Waals surface area (Å²) in [7, 11) is 0. The first-order valence-corrected chi connectivity index (χ1v) is 5.78. The van der Waals surface area contributed by atoms with E-state index in [9.17, 15) is 4.39 Å². The fourth-order valence-corrected chi connectivity index (χ4v) is 1.76. The zero-order chi connectivity index (χ0) is 14.0. The highest BCUT2D eigenvalue weighted by molar-refractivity contribution is 6.28. The molecule has 0 spiro atoms. The second kappa shape index (κ2) is 5.27. The van der Waals surface area contributed by atoms with Crippen LogP contribution in [0.1, 0.15) is 18.3 Å². The third kappa shape index (κ3) is 2.68. The van der Waals surface area contributed by atoms with Gasteiger partial charge in [-0.1, -0.05) is 0 Å². The molecule has 0 amide bonds. The average Bonchev–Trinajstić information content (AvgIpc) is 2.71. The van der Waals surface area contributed by atoms with Crippen molar-refractivity contribution in [2.24, 2.45) is 4.99 Å². The Morgan fingerprint density at radius 3 is 2.89 bits per heavy atom. The lowest BCUT2D eigenvalue weighted by atomic mass is 10.2. The van der Waals surface area contributed by atoms with Gasteiger partial charge in [0, 0.05) is 17.3 Å². The van der Waals surface area contributed by atoms with Gasteiger partial charge < -0.3 is 0 Å². The summed E-state index contributed by atoms with van der Waals surface area (Å²) >= 11 is 6.02. The predicted octanol–water partition coefficient (Wildman–Crippen LogP) is 3.00. The Hall–Kier alpha value is -2.08. The molecule has 0 fully saturated rings. The molecule has 98 valence electrons. The van der Waals surface area contributed by atoms with Crippen molar-refractivity contribution in [1.29, 1.82) is 0 Å². The van der Waals surface area contributed by atoms with Gasteiger partial charge >= 0.3 is 0 Å². The first-order valence-electron chi connectivity index (χ1n) is 5.41. The maximum atomic E-state index is 13.0. The molecule has 0 aromatic carbocycles. The van der Waals surface area contributed by atoms with Crippen LogP contribution in [-0.4, -0.2) is 26.3 Å². The van der Waals surface area contributed by atoms with E-state index in [1.165, 1.54) is 23.7 Å². The molecule has 5 nitrogen and oxygen atoms in total. The number of halogens is 2. The molecule has 19 heavy (non-hydrogen) atoms. The smallest absolute Gasteiger partial charge is 0.227 e. The SMILES string of the molecule is C=N/C=C(\C=C(/C)F)c1nc(Cl)n2ncc(C)c2n1. The maximum Gasteiger partial charge on any atom is 0.227 e. The molecule has 7 heteroatoms. The molecule has 2 heterocycles. The van der Waals surface area contributed by atoms with E-state index < -0.39 is 0 Å². The van der Waals surface area contributed by atoms with Crippen molar-refractivity contribution < 1.29 is 4.39 Å². The van der Waals surface area contributed by atoms with Crippen LogP contribution in [0, 0.1) is 6.92 Å². The van der Waals surface area contributed by atoms with Gasteiger partial charge in [-0.15, -0.1) is 0 Å². The Morgan fingerprint density at radius 1 is 1.53 bits per heavy atom. The molecule has 0 aliphatic carbocycles. The lowest BCUT2D eigenvalue weighted by Gasteiger charge is -2.03. The molecule has 0 unspecified atom stereocenters. The lowest BCUT2D eigenvalue weighted by Crippen LogP contribution is -2.01. The zero-order valence-electron chi connectivity index (χ0n) is 10.4. The van der Waals surface area contributed by atoms with E-state index in [0.717, 1.165) is 5.56 Å². The predicted molar refractivity (Wildman–Crippen MR) is 72.9 cm³/mol. The Morgan fingerprint density at radius 2 is 2.26 bits per heavy atom. The van der Waals surface area contributed by atoms with Crippen LogP contribution in [0.15, 0.2) is 29.3 Å². The summed E-state index contributed by atoms with van der Waals surface area (Å²) in [5.41, 5.74) is 1.80. The summed E-state index contributed by atoms with van der Waals surface area (Å²) in [6.07, 6.45) is 4.27. The minimum Gasteiger partial charge on any atom is -0.272 e. The minimum atomic E-state index is -0.389. The Balaban J connectivity index is 2.67. The Kier molecular flexibility index (Phi) is 3.71. The number of hydrogen-bond acceptors (Lipinski definition) is 4. The molecule has 0 radical (unpaired) electrons. The third-order valence-corrected chi connectivity index (χ3v) is 2.59. The highest BCUT2D eigenvalue weighted by Gasteiger charge is 2.11. The van der Waals surface area contributed by atoms with Gasteiger partial charge in [-0.3, -0.25) is 4.99 Å². The van der Waals surface area contributed by atoms with Gasteiger partial charge in [-0.2, -0.15) is 14.6 Å². The van der Waals surface area contributed by atoms with Crippen LogP contribution in [0.25, 0.3) is 11.2 Å². The maximum absolute atomic E-state index is 13.0. The Labute approximate surface area is 114 Å². The molecular weight excluding hydrogens is 269 g/mol.